The maximum Gasteiger partial charge on any atom is 0.181 e. The number of hydrogen-bond donors (Lipinski definition) is 5. The van der Waals surface area contributed by atoms with Gasteiger partial charge in [-0.2, -0.15) is 0 Å². The highest BCUT2D eigenvalue weighted by Gasteiger charge is 2.64. The van der Waals surface area contributed by atoms with Crippen LogP contribution in [-0.2, 0) is 9.84 Å². The van der Waals surface area contributed by atoms with Crippen molar-refractivity contribution in [2.45, 2.75) is 288 Å². The fourth-order valence-electron chi connectivity index (χ4n) is 22.5. The van der Waals surface area contributed by atoms with Gasteiger partial charge in [0.1, 0.15) is 0 Å². The molecule has 8 heteroatoms. The second kappa shape index (κ2) is 22.5. The van der Waals surface area contributed by atoms with Gasteiger partial charge in [-0.25, -0.2) is 8.42 Å². The summed E-state index contributed by atoms with van der Waals surface area (Å²) >= 11 is 0. The molecular weight excluding hydrogens is 973 g/mol. The third-order valence-corrected chi connectivity index (χ3v) is 29.8. The first-order valence-corrected chi connectivity index (χ1v) is 34.3. The van der Waals surface area contributed by atoms with Gasteiger partial charge in [0, 0.05) is 7.11 Å². The van der Waals surface area contributed by atoms with E-state index in [1.165, 1.54) is 96.3 Å². The Hall–Kier alpha value is -1.03. The summed E-state index contributed by atoms with van der Waals surface area (Å²) in [7, 11) is -2.60. The van der Waals surface area contributed by atoms with Crippen LogP contribution < -0.4 is 0 Å². The van der Waals surface area contributed by atoms with Crippen LogP contribution in [0, 0.1) is 105 Å². The van der Waals surface area contributed by atoms with E-state index in [2.05, 4.69) is 62.3 Å². The first-order valence-electron chi connectivity index (χ1n) is 32.8. The number of fused-ring (bicyclic) bond motifs is 10. The van der Waals surface area contributed by atoms with Crippen molar-refractivity contribution in [2.24, 2.45) is 105 Å². The SMILES string of the molecule is CC1CCC(O)(CC([C@@H](C)[C@H]2CC[C@H]3[C@@H]4CC[C@H]5C[C@@](C)(O)CC[C@]5(C)[C@H]4CC[C@]23C)S(=O)(=O)c2ccccc2)CC1.CC1CCC(O)(CC[C@@H](C)[C@H]2CC[C@H]3[C@@H]4CC[C@H]5C[C@@](C)(O)CC[C@]5(C)[C@H]4CC[C@]23C)CC1.CO. The van der Waals surface area contributed by atoms with Crippen molar-refractivity contribution in [1.29, 1.82) is 0 Å². The summed E-state index contributed by atoms with van der Waals surface area (Å²) in [4.78, 5) is 0.414. The van der Waals surface area contributed by atoms with Crippen molar-refractivity contribution in [1.82, 2.24) is 0 Å². The Morgan fingerprint density at radius 2 is 0.922 bits per heavy atom. The minimum absolute atomic E-state index is 0.00170. The molecule has 5 N–H and O–H groups in total. The molecule has 11 rings (SSSR count). The van der Waals surface area contributed by atoms with Crippen molar-refractivity contribution in [3.63, 3.8) is 0 Å². The lowest BCUT2D eigenvalue weighted by molar-refractivity contribution is -0.148. The third kappa shape index (κ3) is 11.5. The number of aliphatic hydroxyl groups is 5. The van der Waals surface area contributed by atoms with E-state index >= 15 is 0 Å². The summed E-state index contributed by atoms with van der Waals surface area (Å²) in [5.41, 5.74) is -0.714. The molecular formula is C69H116O7S. The van der Waals surface area contributed by atoms with Gasteiger partial charge in [0.15, 0.2) is 9.84 Å². The van der Waals surface area contributed by atoms with Gasteiger partial charge in [-0.05, 0) is 317 Å². The van der Waals surface area contributed by atoms with Crippen LogP contribution in [0.3, 0.4) is 0 Å². The van der Waals surface area contributed by atoms with E-state index < -0.39 is 31.9 Å². The lowest BCUT2D eigenvalue weighted by atomic mass is 9.43. The molecule has 19 atom stereocenters. The molecule has 0 spiro atoms. The minimum Gasteiger partial charge on any atom is -0.400 e. The quantitative estimate of drug-likeness (QED) is 0.157. The zero-order valence-electron chi connectivity index (χ0n) is 51.0. The van der Waals surface area contributed by atoms with Crippen molar-refractivity contribution < 1.29 is 34.0 Å². The summed E-state index contributed by atoms with van der Waals surface area (Å²) in [6, 6.07) is 9.07. The van der Waals surface area contributed by atoms with Crippen LogP contribution in [-0.4, -0.2) is 68.7 Å². The molecule has 10 saturated carbocycles. The maximum atomic E-state index is 14.4. The first-order chi connectivity index (χ1) is 36.1. The zero-order valence-corrected chi connectivity index (χ0v) is 51.8. The van der Waals surface area contributed by atoms with Crippen molar-refractivity contribution >= 4 is 9.84 Å². The van der Waals surface area contributed by atoms with Gasteiger partial charge >= 0.3 is 0 Å². The largest absolute Gasteiger partial charge is 0.400 e. The zero-order chi connectivity index (χ0) is 55.8. The monoisotopic (exact) mass is 1090 g/mol. The Kier molecular flexibility index (Phi) is 17.7. The number of hydrogen-bond acceptors (Lipinski definition) is 7. The normalized spacial score (nSPS) is 49.5. The molecule has 0 aliphatic heterocycles. The topological polar surface area (TPSA) is 135 Å². The van der Waals surface area contributed by atoms with Crippen LogP contribution >= 0.6 is 0 Å². The molecule has 1 aromatic carbocycles. The predicted molar refractivity (Wildman–Crippen MR) is 315 cm³/mol. The molecule has 7 nitrogen and oxygen atoms in total. The molecule has 1 aromatic rings. The highest BCUT2D eigenvalue weighted by molar-refractivity contribution is 7.92. The Balaban J connectivity index is 0.000000187. The van der Waals surface area contributed by atoms with Gasteiger partial charge in [0.25, 0.3) is 0 Å². The summed E-state index contributed by atoms with van der Waals surface area (Å²) in [5, 5.41) is 51.1. The lowest BCUT2D eigenvalue weighted by Gasteiger charge is -2.62. The van der Waals surface area contributed by atoms with Crippen LogP contribution in [0.4, 0.5) is 0 Å². The first kappa shape index (κ1) is 60.6. The molecule has 10 aliphatic carbocycles. The number of benzene rings is 1. The molecule has 10 aliphatic rings. The van der Waals surface area contributed by atoms with Crippen LogP contribution in [0.25, 0.3) is 0 Å². The molecule has 0 bridgehead atoms. The van der Waals surface area contributed by atoms with E-state index in [0.717, 1.165) is 131 Å². The number of sulfone groups is 1. The third-order valence-electron chi connectivity index (χ3n) is 27.5. The summed E-state index contributed by atoms with van der Waals surface area (Å²) in [6.45, 7) is 23.9. The Morgan fingerprint density at radius 3 is 1.40 bits per heavy atom. The second-order valence-corrected chi connectivity index (χ2v) is 34.1. The van der Waals surface area contributed by atoms with Gasteiger partial charge in [0.2, 0.25) is 0 Å². The number of rotatable bonds is 10. The van der Waals surface area contributed by atoms with Gasteiger partial charge in [-0.3, -0.25) is 0 Å². The van der Waals surface area contributed by atoms with Gasteiger partial charge < -0.3 is 25.5 Å². The molecule has 0 amide bonds. The smallest absolute Gasteiger partial charge is 0.181 e. The highest BCUT2D eigenvalue weighted by Crippen LogP contribution is 2.71. The van der Waals surface area contributed by atoms with E-state index in [1.807, 2.05) is 25.1 Å². The fourth-order valence-corrected chi connectivity index (χ4v) is 24.7. The maximum absolute atomic E-state index is 14.4. The average Bonchev–Trinajstić information content (AvgIpc) is 4.06. The van der Waals surface area contributed by atoms with Gasteiger partial charge in [-0.15, -0.1) is 0 Å². The van der Waals surface area contributed by atoms with E-state index in [4.69, 9.17) is 5.11 Å². The molecule has 0 radical (unpaired) electrons. The summed E-state index contributed by atoms with van der Waals surface area (Å²) in [6.07, 6.45) is 32.5. The Morgan fingerprint density at radius 1 is 0.494 bits per heavy atom. The molecule has 1 unspecified atom stereocenters. The fraction of sp³-hybridized carbons (Fsp3) is 0.913. The van der Waals surface area contributed by atoms with Crippen LogP contribution in [0.5, 0.6) is 0 Å². The minimum atomic E-state index is -3.60. The molecule has 10 fully saturated rings. The Bertz CT molecular complexity index is 2230. The second-order valence-electron chi connectivity index (χ2n) is 32.0. The molecule has 0 aromatic heterocycles. The van der Waals surface area contributed by atoms with E-state index in [1.54, 1.807) is 12.1 Å². The van der Waals surface area contributed by atoms with Crippen molar-refractivity contribution in [2.75, 3.05) is 7.11 Å². The summed E-state index contributed by atoms with van der Waals surface area (Å²) in [5.74, 6) is 9.57. The highest BCUT2D eigenvalue weighted by atomic mass is 32.2. The van der Waals surface area contributed by atoms with E-state index in [-0.39, 0.29) is 16.9 Å². The van der Waals surface area contributed by atoms with Crippen LogP contribution in [0.1, 0.15) is 255 Å². The molecule has 0 saturated heterocycles. The predicted octanol–water partition coefficient (Wildman–Crippen LogP) is 15.6. The molecule has 77 heavy (non-hydrogen) atoms. The standard InChI is InChI=1S/C37H58O4S.C31H54O2.CH4O/c1-25-15-19-37(39,20-16-25)24-33(42(40,41)28-9-7-6-8-10-28)26(2)30-13-14-31-29-12-11-27-23-34(3,38)21-22-35(27,4)32(29)17-18-36(30,31)5;1-21-10-15-31(33,16-11-21)17-12-22(2)25-8-9-26-24-7-6-23-20-28(3,32)18-19-29(23,4)27(24)13-14-30(25,26)5;1-2/h6-10,25-27,29-33,38-39H,11-24H2,1-5H3;21-27,32-33H,6-20H2,1-5H3;2H,1H3/t25?,26-,27-,29-,30+,31-,32-,33?,34-,35-,36+,37?;21?,22-,23+,24+,25-,26+,27+,28+,29+,30-,31?;/m01./s1. The number of aliphatic hydroxyl groups excluding tert-OH is 1. The van der Waals surface area contributed by atoms with Gasteiger partial charge in [0.05, 0.1) is 32.5 Å². The lowest BCUT2D eigenvalue weighted by Crippen LogP contribution is -2.56. The molecule has 0 heterocycles. The summed E-state index contributed by atoms with van der Waals surface area (Å²) < 4.78 is 28.8. The van der Waals surface area contributed by atoms with Crippen LogP contribution in [0.15, 0.2) is 35.2 Å². The van der Waals surface area contributed by atoms with E-state index in [9.17, 15) is 28.8 Å². The van der Waals surface area contributed by atoms with Gasteiger partial charge in [-0.1, -0.05) is 73.6 Å². The average molecular weight is 1090 g/mol. The molecule has 440 valence electrons. The van der Waals surface area contributed by atoms with E-state index in [0.29, 0.717) is 64.1 Å². The van der Waals surface area contributed by atoms with Crippen molar-refractivity contribution in [3.8, 4) is 0 Å². The van der Waals surface area contributed by atoms with Crippen molar-refractivity contribution in [3.05, 3.63) is 30.3 Å². The Labute approximate surface area is 471 Å². The van der Waals surface area contributed by atoms with Crippen LogP contribution in [0.2, 0.25) is 0 Å².